The first kappa shape index (κ1) is 13.5. The van der Waals surface area contributed by atoms with Gasteiger partial charge in [-0.25, -0.2) is 8.42 Å². The number of non-ortho nitro benzene ring substituents is 1. The van der Waals surface area contributed by atoms with E-state index in [1.807, 2.05) is 0 Å². The summed E-state index contributed by atoms with van der Waals surface area (Å²) in [5.41, 5.74) is 0.836. The first-order chi connectivity index (χ1) is 8.93. The van der Waals surface area contributed by atoms with Gasteiger partial charge in [-0.15, -0.1) is 0 Å². The Morgan fingerprint density at radius 3 is 2.68 bits per heavy atom. The summed E-state index contributed by atoms with van der Waals surface area (Å²) in [6.07, 6.45) is 1.75. The molecule has 0 aliphatic heterocycles. The topological polar surface area (TPSA) is 82.2 Å². The molecule has 0 spiro atoms. The van der Waals surface area contributed by atoms with Gasteiger partial charge in [0.05, 0.1) is 10.7 Å². The van der Waals surface area contributed by atoms with Crippen molar-refractivity contribution in [2.24, 2.45) is 0 Å². The van der Waals surface area contributed by atoms with E-state index >= 15 is 0 Å². The van der Waals surface area contributed by atoms with Crippen LogP contribution in [0.5, 0.6) is 0 Å². The molecule has 2 rings (SSSR count). The Labute approximate surface area is 110 Å². The summed E-state index contributed by atoms with van der Waals surface area (Å²) in [5.74, 6) is 0.196. The molecule has 0 amide bonds. The van der Waals surface area contributed by atoms with Crippen LogP contribution in [0.15, 0.2) is 30.5 Å². The van der Waals surface area contributed by atoms with Crippen LogP contribution in [-0.2, 0) is 16.4 Å². The SMILES string of the molecule is CCS(=O)(=O)CCn1ccc2cc([N+](=O)[O-])ccc21. The number of rotatable bonds is 5. The van der Waals surface area contributed by atoms with Gasteiger partial charge < -0.3 is 4.57 Å². The number of nitro benzene ring substituents is 1. The Kier molecular flexibility index (Phi) is 3.57. The second kappa shape index (κ2) is 5.00. The quantitative estimate of drug-likeness (QED) is 0.620. The lowest BCUT2D eigenvalue weighted by Crippen LogP contribution is -2.14. The zero-order valence-corrected chi connectivity index (χ0v) is 11.3. The van der Waals surface area contributed by atoms with E-state index in [2.05, 4.69) is 0 Å². The largest absolute Gasteiger partial charge is 0.346 e. The molecule has 0 radical (unpaired) electrons. The molecule has 1 aromatic heterocycles. The maximum atomic E-state index is 11.5. The van der Waals surface area contributed by atoms with Gasteiger partial charge in [-0.05, 0) is 12.1 Å². The smallest absolute Gasteiger partial charge is 0.270 e. The zero-order chi connectivity index (χ0) is 14.0. The molecule has 0 bridgehead atoms. The lowest BCUT2D eigenvalue weighted by Gasteiger charge is -2.05. The Morgan fingerprint density at radius 1 is 1.32 bits per heavy atom. The Balaban J connectivity index is 2.29. The number of hydrogen-bond acceptors (Lipinski definition) is 4. The van der Waals surface area contributed by atoms with E-state index in [0.717, 1.165) is 10.9 Å². The molecule has 0 atom stereocenters. The highest BCUT2D eigenvalue weighted by molar-refractivity contribution is 7.91. The number of benzene rings is 1. The second-order valence-corrected chi connectivity index (χ2v) is 6.72. The van der Waals surface area contributed by atoms with Gasteiger partial charge in [0, 0.05) is 41.5 Å². The molecule has 0 aliphatic rings. The van der Waals surface area contributed by atoms with E-state index in [0.29, 0.717) is 6.54 Å². The minimum atomic E-state index is -3.01. The van der Waals surface area contributed by atoms with Crippen LogP contribution < -0.4 is 0 Å². The van der Waals surface area contributed by atoms with Crippen LogP contribution in [0, 0.1) is 10.1 Å². The third-order valence-electron chi connectivity index (χ3n) is 3.05. The summed E-state index contributed by atoms with van der Waals surface area (Å²) in [4.78, 5) is 10.2. The maximum Gasteiger partial charge on any atom is 0.270 e. The van der Waals surface area contributed by atoms with E-state index in [9.17, 15) is 18.5 Å². The molecule has 1 heterocycles. The molecule has 7 heteroatoms. The molecule has 0 saturated heterocycles. The van der Waals surface area contributed by atoms with E-state index in [-0.39, 0.29) is 17.2 Å². The summed E-state index contributed by atoms with van der Waals surface area (Å²) in [6.45, 7) is 1.98. The molecule has 0 N–H and O–H groups in total. The van der Waals surface area contributed by atoms with Crippen LogP contribution in [0.1, 0.15) is 6.92 Å². The number of sulfone groups is 1. The average molecular weight is 282 g/mol. The van der Waals surface area contributed by atoms with Gasteiger partial charge in [-0.2, -0.15) is 0 Å². The lowest BCUT2D eigenvalue weighted by molar-refractivity contribution is -0.384. The minimum absolute atomic E-state index is 0.0337. The van der Waals surface area contributed by atoms with Crippen molar-refractivity contribution in [3.63, 3.8) is 0 Å². The highest BCUT2D eigenvalue weighted by Crippen LogP contribution is 2.21. The van der Waals surface area contributed by atoms with Gasteiger partial charge in [-0.3, -0.25) is 10.1 Å². The standard InChI is InChI=1S/C12H14N2O4S/c1-2-19(17,18)8-7-13-6-5-10-9-11(14(15)16)3-4-12(10)13/h3-6,9H,2,7-8H2,1H3. The molecule has 102 valence electrons. The first-order valence-corrected chi connectivity index (χ1v) is 7.69. The second-order valence-electron chi connectivity index (χ2n) is 4.25. The number of aromatic nitrogens is 1. The molecule has 2 aromatic rings. The van der Waals surface area contributed by atoms with E-state index in [1.165, 1.54) is 12.1 Å². The molecule has 0 unspecified atom stereocenters. The summed E-state index contributed by atoms with van der Waals surface area (Å²) >= 11 is 0. The molecule has 6 nitrogen and oxygen atoms in total. The fourth-order valence-corrected chi connectivity index (χ4v) is 2.64. The first-order valence-electron chi connectivity index (χ1n) is 5.86. The van der Waals surface area contributed by atoms with Crippen molar-refractivity contribution >= 4 is 26.4 Å². The van der Waals surface area contributed by atoms with Gasteiger partial charge in [0.2, 0.25) is 0 Å². The number of nitrogens with zero attached hydrogens (tertiary/aromatic N) is 2. The van der Waals surface area contributed by atoms with Crippen LogP contribution >= 0.6 is 0 Å². The van der Waals surface area contributed by atoms with Crippen molar-refractivity contribution in [2.45, 2.75) is 13.5 Å². The lowest BCUT2D eigenvalue weighted by atomic mass is 10.2. The van der Waals surface area contributed by atoms with Crippen LogP contribution in [0.25, 0.3) is 10.9 Å². The maximum absolute atomic E-state index is 11.5. The molecule has 0 aliphatic carbocycles. The third-order valence-corrected chi connectivity index (χ3v) is 4.73. The molecule has 0 fully saturated rings. The van der Waals surface area contributed by atoms with Crippen molar-refractivity contribution in [3.05, 3.63) is 40.6 Å². The third kappa shape index (κ3) is 2.93. The van der Waals surface area contributed by atoms with Crippen LogP contribution in [0.2, 0.25) is 0 Å². The molecular weight excluding hydrogens is 268 g/mol. The normalized spacial score (nSPS) is 11.8. The van der Waals surface area contributed by atoms with Crippen LogP contribution in [0.4, 0.5) is 5.69 Å². The fraction of sp³-hybridized carbons (Fsp3) is 0.333. The van der Waals surface area contributed by atoms with Crippen molar-refractivity contribution in [3.8, 4) is 0 Å². The van der Waals surface area contributed by atoms with Crippen LogP contribution in [-0.4, -0.2) is 29.4 Å². The molecule has 1 aromatic carbocycles. The Hall–Kier alpha value is -1.89. The zero-order valence-electron chi connectivity index (χ0n) is 10.4. The summed E-state index contributed by atoms with van der Waals surface area (Å²) in [6, 6.07) is 6.31. The fourth-order valence-electron chi connectivity index (χ4n) is 1.88. The summed E-state index contributed by atoms with van der Waals surface area (Å²) in [7, 11) is -3.01. The van der Waals surface area contributed by atoms with Crippen molar-refractivity contribution < 1.29 is 13.3 Å². The van der Waals surface area contributed by atoms with Gasteiger partial charge in [0.1, 0.15) is 0 Å². The van der Waals surface area contributed by atoms with E-state index in [1.54, 1.807) is 29.8 Å². The van der Waals surface area contributed by atoms with Crippen molar-refractivity contribution in [1.82, 2.24) is 4.57 Å². The summed E-state index contributed by atoms with van der Waals surface area (Å²) < 4.78 is 24.7. The number of hydrogen-bond donors (Lipinski definition) is 0. The predicted octanol–water partition coefficient (Wildman–Crippen LogP) is 1.98. The van der Waals surface area contributed by atoms with Crippen molar-refractivity contribution in [1.29, 1.82) is 0 Å². The minimum Gasteiger partial charge on any atom is -0.346 e. The number of aryl methyl sites for hydroxylation is 1. The Bertz CT molecular complexity index is 718. The van der Waals surface area contributed by atoms with Gasteiger partial charge in [-0.1, -0.05) is 6.92 Å². The predicted molar refractivity (Wildman–Crippen MR) is 72.9 cm³/mol. The average Bonchev–Trinajstić information content (AvgIpc) is 2.78. The molecule has 19 heavy (non-hydrogen) atoms. The van der Waals surface area contributed by atoms with E-state index < -0.39 is 14.8 Å². The van der Waals surface area contributed by atoms with Gasteiger partial charge >= 0.3 is 0 Å². The highest BCUT2D eigenvalue weighted by Gasteiger charge is 2.11. The summed E-state index contributed by atoms with van der Waals surface area (Å²) in [5, 5.41) is 11.4. The highest BCUT2D eigenvalue weighted by atomic mass is 32.2. The number of nitro groups is 1. The number of fused-ring (bicyclic) bond motifs is 1. The Morgan fingerprint density at radius 2 is 2.05 bits per heavy atom. The molecule has 0 saturated carbocycles. The van der Waals surface area contributed by atoms with Gasteiger partial charge in [0.25, 0.3) is 5.69 Å². The molecular formula is C12H14N2O4S. The van der Waals surface area contributed by atoms with E-state index in [4.69, 9.17) is 0 Å². The van der Waals surface area contributed by atoms with Crippen molar-refractivity contribution in [2.75, 3.05) is 11.5 Å². The monoisotopic (exact) mass is 282 g/mol. The van der Waals surface area contributed by atoms with Gasteiger partial charge in [0.15, 0.2) is 9.84 Å². The van der Waals surface area contributed by atoms with Crippen LogP contribution in [0.3, 0.4) is 0 Å².